The molecule has 3 amide bonds. The second kappa shape index (κ2) is 14.7. The lowest BCUT2D eigenvalue weighted by molar-refractivity contribution is -0.164. The van der Waals surface area contributed by atoms with Gasteiger partial charge in [0.1, 0.15) is 23.7 Å². The number of halogens is 1. The minimum Gasteiger partial charge on any atom is -0.455 e. The first-order chi connectivity index (χ1) is 25.1. The predicted molar refractivity (Wildman–Crippen MR) is 195 cm³/mol. The quantitative estimate of drug-likeness (QED) is 0.284. The lowest BCUT2D eigenvalue weighted by Crippen LogP contribution is -2.58. The van der Waals surface area contributed by atoms with Crippen LogP contribution in [-0.4, -0.2) is 88.6 Å². The number of amides is 3. The number of hydrogen-bond acceptors (Lipinski definition) is 7. The van der Waals surface area contributed by atoms with Crippen LogP contribution in [-0.2, 0) is 35.1 Å². The maximum absolute atomic E-state index is 15.1. The Bertz CT molecular complexity index is 1870. The van der Waals surface area contributed by atoms with Crippen molar-refractivity contribution >= 4 is 41.0 Å². The van der Waals surface area contributed by atoms with Crippen molar-refractivity contribution in [3.63, 3.8) is 0 Å². The number of aliphatic hydroxyl groups is 1. The van der Waals surface area contributed by atoms with E-state index in [9.17, 15) is 19.5 Å². The zero-order valence-corrected chi connectivity index (χ0v) is 29.8. The van der Waals surface area contributed by atoms with E-state index in [1.165, 1.54) is 4.90 Å². The highest BCUT2D eigenvalue weighted by Gasteiger charge is 2.72. The fraction of sp³-hybridized carbons (Fsp3) is 0.366. The van der Waals surface area contributed by atoms with E-state index in [0.717, 1.165) is 5.56 Å². The summed E-state index contributed by atoms with van der Waals surface area (Å²) in [5, 5.41) is 11.4. The van der Waals surface area contributed by atoms with Crippen LogP contribution in [0.2, 0.25) is 5.02 Å². The van der Waals surface area contributed by atoms with Gasteiger partial charge in [0, 0.05) is 30.7 Å². The van der Waals surface area contributed by atoms with E-state index in [2.05, 4.69) is 0 Å². The van der Waals surface area contributed by atoms with Crippen molar-refractivity contribution in [1.29, 1.82) is 0 Å². The summed E-state index contributed by atoms with van der Waals surface area (Å²) in [7, 11) is 1.70. The van der Waals surface area contributed by atoms with Gasteiger partial charge < -0.3 is 29.3 Å². The number of cyclic esters (lactones) is 1. The third-order valence-electron chi connectivity index (χ3n) is 10.9. The summed E-state index contributed by atoms with van der Waals surface area (Å²) in [5.74, 6) is -3.94. The van der Waals surface area contributed by atoms with Crippen LogP contribution in [0.4, 0.5) is 5.69 Å². The highest BCUT2D eigenvalue weighted by Crippen LogP contribution is 2.54. The molecule has 0 aliphatic carbocycles. The molecule has 1 spiro atoms. The molecule has 0 unspecified atom stereocenters. The Hall–Kier alpha value is -4.77. The predicted octanol–water partition coefficient (Wildman–Crippen LogP) is 4.91. The van der Waals surface area contributed by atoms with Crippen molar-refractivity contribution in [3.05, 3.63) is 125 Å². The van der Waals surface area contributed by atoms with Crippen molar-refractivity contribution in [2.24, 2.45) is 11.8 Å². The molecule has 270 valence electrons. The number of nitrogens with zero attached hydrogens (tertiary/aromatic N) is 3. The second-order valence-electron chi connectivity index (χ2n) is 13.9. The number of esters is 1. The number of likely N-dealkylation sites (N-methyl/N-ethyl adjacent to an activating group) is 1. The largest absolute Gasteiger partial charge is 0.455 e. The van der Waals surface area contributed by atoms with E-state index in [-0.39, 0.29) is 25.3 Å². The van der Waals surface area contributed by atoms with Crippen LogP contribution in [0, 0.1) is 11.8 Å². The van der Waals surface area contributed by atoms with Gasteiger partial charge in [-0.3, -0.25) is 19.2 Å². The van der Waals surface area contributed by atoms with Gasteiger partial charge in [-0.15, -0.1) is 0 Å². The molecular formula is C41H42ClN3O7. The number of allylic oxidation sites excluding steroid dienone is 1. The lowest BCUT2D eigenvalue weighted by Gasteiger charge is -2.38. The summed E-state index contributed by atoms with van der Waals surface area (Å²) in [6, 6.07) is 23.0. The molecule has 0 saturated carbocycles. The number of hydrogen-bond donors (Lipinski definition) is 1. The van der Waals surface area contributed by atoms with Crippen LogP contribution < -0.4 is 4.90 Å². The molecule has 8 atom stereocenters. The Kier molecular flexibility index (Phi) is 10.1. The van der Waals surface area contributed by atoms with Crippen LogP contribution in [0.25, 0.3) is 0 Å². The first-order valence-electron chi connectivity index (χ1n) is 17.7. The molecular weight excluding hydrogens is 682 g/mol. The fourth-order valence-corrected chi connectivity index (χ4v) is 8.34. The molecule has 3 aromatic rings. The molecule has 4 heterocycles. The SMILES string of the molecule is C[C@H]1[C@H](c2ccccc2)OC(=O)[C@@H]2[C@H](/C=C\CCC(=O)N1C)O[C@@]13C=CCN(c4ccc(Cl)cc4)C(=O)[C@@H]1N([C@@H](CO)Cc1ccccc1)C(=O)[C@@H]23. The van der Waals surface area contributed by atoms with Crippen molar-refractivity contribution in [2.75, 3.05) is 25.1 Å². The van der Waals surface area contributed by atoms with Crippen LogP contribution in [0.3, 0.4) is 0 Å². The normalized spacial score (nSPS) is 30.4. The minimum absolute atomic E-state index is 0.104. The number of carbonyl (C=O) groups excluding carboxylic acids is 4. The van der Waals surface area contributed by atoms with E-state index < -0.39 is 72.2 Å². The van der Waals surface area contributed by atoms with E-state index in [1.54, 1.807) is 65.4 Å². The van der Waals surface area contributed by atoms with Gasteiger partial charge in [0.25, 0.3) is 5.91 Å². The summed E-state index contributed by atoms with van der Waals surface area (Å²) in [6.45, 7) is 1.59. The fourth-order valence-electron chi connectivity index (χ4n) is 8.21. The monoisotopic (exact) mass is 723 g/mol. The second-order valence-corrected chi connectivity index (χ2v) is 14.4. The minimum atomic E-state index is -1.57. The summed E-state index contributed by atoms with van der Waals surface area (Å²) in [5.41, 5.74) is 0.577. The molecule has 10 nitrogen and oxygen atoms in total. The third kappa shape index (κ3) is 6.33. The Morgan fingerprint density at radius 3 is 2.31 bits per heavy atom. The molecule has 52 heavy (non-hydrogen) atoms. The van der Waals surface area contributed by atoms with Gasteiger partial charge in [-0.1, -0.05) is 96.6 Å². The molecule has 4 aliphatic heterocycles. The van der Waals surface area contributed by atoms with Gasteiger partial charge in [-0.25, -0.2) is 0 Å². The van der Waals surface area contributed by atoms with Crippen LogP contribution in [0.1, 0.15) is 37.0 Å². The molecule has 2 fully saturated rings. The zero-order chi connectivity index (χ0) is 36.6. The molecule has 3 aromatic carbocycles. The Morgan fingerprint density at radius 1 is 0.923 bits per heavy atom. The maximum Gasteiger partial charge on any atom is 0.313 e. The van der Waals surface area contributed by atoms with Gasteiger partial charge in [0.05, 0.1) is 30.7 Å². The lowest BCUT2D eigenvalue weighted by atomic mass is 9.77. The van der Waals surface area contributed by atoms with Gasteiger partial charge in [0.15, 0.2) is 0 Å². The van der Waals surface area contributed by atoms with Crippen LogP contribution >= 0.6 is 11.6 Å². The Balaban J connectivity index is 1.35. The van der Waals surface area contributed by atoms with Gasteiger partial charge in [-0.2, -0.15) is 0 Å². The third-order valence-corrected chi connectivity index (χ3v) is 11.2. The van der Waals surface area contributed by atoms with Crippen molar-refractivity contribution in [3.8, 4) is 0 Å². The molecule has 4 aliphatic rings. The Labute approximate surface area is 308 Å². The first-order valence-corrected chi connectivity index (χ1v) is 18.1. The summed E-state index contributed by atoms with van der Waals surface area (Å²) < 4.78 is 13.3. The topological polar surface area (TPSA) is 117 Å². The number of ether oxygens (including phenoxy) is 2. The average Bonchev–Trinajstić information content (AvgIpc) is 3.55. The van der Waals surface area contributed by atoms with Crippen molar-refractivity contribution in [1.82, 2.24) is 9.80 Å². The molecule has 0 bridgehead atoms. The van der Waals surface area contributed by atoms with Crippen molar-refractivity contribution in [2.45, 2.75) is 62.1 Å². The number of rotatable bonds is 6. The first kappa shape index (κ1) is 35.6. The molecule has 1 N–H and O–H groups in total. The summed E-state index contributed by atoms with van der Waals surface area (Å²) in [4.78, 5) is 62.6. The highest BCUT2D eigenvalue weighted by molar-refractivity contribution is 6.30. The average molecular weight is 724 g/mol. The van der Waals surface area contributed by atoms with Gasteiger partial charge in [0.2, 0.25) is 11.8 Å². The zero-order valence-electron chi connectivity index (χ0n) is 29.1. The Morgan fingerprint density at radius 2 is 1.62 bits per heavy atom. The van der Waals surface area contributed by atoms with E-state index in [0.29, 0.717) is 22.7 Å². The standard InChI is InChI=1S/C41H42ClN3O7/c1-26-36(28-14-7-4-8-15-28)51-40(50)34-32(16-9-10-17-33(47)43(26)2)52-41-22-11-23-44(30-20-18-29(42)19-21-30)39(49)37(41)45(38(48)35(34)41)31(25-46)24-27-12-5-3-6-13-27/h3-9,11-16,18-22,26,31-32,34-37,46H,10,17,23-25H2,1-2H3/b16-9-/t26-,31+,32-,34+,35+,36+,37-,41+/m0/s1. The van der Waals surface area contributed by atoms with E-state index in [4.69, 9.17) is 21.1 Å². The van der Waals surface area contributed by atoms with Gasteiger partial charge in [-0.05, 0) is 55.2 Å². The molecule has 0 radical (unpaired) electrons. The highest BCUT2D eigenvalue weighted by atomic mass is 35.5. The van der Waals surface area contributed by atoms with Crippen molar-refractivity contribution < 1.29 is 33.8 Å². The smallest absolute Gasteiger partial charge is 0.313 e. The number of fused-ring (bicyclic) bond motifs is 2. The van der Waals surface area contributed by atoms with Crippen LogP contribution in [0.15, 0.2) is 109 Å². The van der Waals surface area contributed by atoms with Crippen LogP contribution in [0.5, 0.6) is 0 Å². The summed E-state index contributed by atoms with van der Waals surface area (Å²) >= 11 is 6.20. The number of benzene rings is 3. The number of carbonyl (C=O) groups is 4. The van der Waals surface area contributed by atoms with E-state index >= 15 is 4.79 Å². The molecule has 11 heteroatoms. The number of likely N-dealkylation sites (tertiary alicyclic amines) is 1. The summed E-state index contributed by atoms with van der Waals surface area (Å²) in [6.07, 6.45) is 6.16. The molecule has 0 aromatic heterocycles. The van der Waals surface area contributed by atoms with Gasteiger partial charge >= 0.3 is 5.97 Å². The number of anilines is 1. The molecule has 2 saturated heterocycles. The van der Waals surface area contributed by atoms with E-state index in [1.807, 2.05) is 67.6 Å². The molecule has 7 rings (SSSR count). The maximum atomic E-state index is 15.1. The number of aliphatic hydroxyl groups excluding tert-OH is 1.